The van der Waals surface area contributed by atoms with Crippen LogP contribution in [-0.2, 0) is 4.79 Å². The van der Waals surface area contributed by atoms with Gasteiger partial charge in [0.05, 0.1) is 5.25 Å². The Labute approximate surface area is 135 Å². The van der Waals surface area contributed by atoms with Crippen LogP contribution in [0.2, 0.25) is 0 Å². The minimum Gasteiger partial charge on any atom is -0.384 e. The summed E-state index contributed by atoms with van der Waals surface area (Å²) in [6.45, 7) is 3.65. The molecule has 2 aromatic rings. The van der Waals surface area contributed by atoms with Gasteiger partial charge in [0.1, 0.15) is 5.82 Å². The van der Waals surface area contributed by atoms with E-state index in [9.17, 15) is 4.79 Å². The van der Waals surface area contributed by atoms with Crippen LogP contribution >= 0.6 is 27.7 Å². The highest BCUT2D eigenvalue weighted by Gasteiger charge is 2.16. The third-order valence-corrected chi connectivity index (χ3v) is 4.05. The Balaban J connectivity index is 2.02. The van der Waals surface area contributed by atoms with Crippen molar-refractivity contribution in [2.24, 2.45) is 0 Å². The molecule has 0 aliphatic carbocycles. The smallest absolute Gasteiger partial charge is 0.237 e. The third-order valence-electron chi connectivity index (χ3n) is 2.60. The topological polar surface area (TPSA) is 80.9 Å². The Hall–Kier alpha value is -1.60. The number of thioether (sulfide) groups is 1. The molecule has 1 aromatic heterocycles. The van der Waals surface area contributed by atoms with E-state index in [1.165, 1.54) is 11.8 Å². The van der Waals surface area contributed by atoms with Gasteiger partial charge in [0.25, 0.3) is 0 Å². The molecule has 110 valence electrons. The number of nitrogens with one attached hydrogen (secondary N) is 1. The number of nitrogens with zero attached hydrogens (tertiary/aromatic N) is 2. The molecule has 21 heavy (non-hydrogen) atoms. The number of hydrogen-bond acceptors (Lipinski definition) is 5. The largest absolute Gasteiger partial charge is 0.384 e. The van der Waals surface area contributed by atoms with Gasteiger partial charge >= 0.3 is 0 Å². The highest BCUT2D eigenvalue weighted by Crippen LogP contribution is 2.22. The SMILES string of the molecule is Cc1cc(N)nc(S[C@@H](C)C(=O)Nc2cccc(Br)c2)n1. The van der Waals surface area contributed by atoms with E-state index >= 15 is 0 Å². The van der Waals surface area contributed by atoms with E-state index < -0.39 is 0 Å². The van der Waals surface area contributed by atoms with Gasteiger partial charge in [-0.1, -0.05) is 33.8 Å². The highest BCUT2D eigenvalue weighted by atomic mass is 79.9. The fourth-order valence-electron chi connectivity index (χ4n) is 1.64. The average molecular weight is 367 g/mol. The number of nitrogens with two attached hydrogens (primary N) is 1. The monoisotopic (exact) mass is 366 g/mol. The molecule has 0 saturated heterocycles. The number of benzene rings is 1. The number of aryl methyl sites for hydroxylation is 1. The third kappa shape index (κ3) is 4.71. The van der Waals surface area contributed by atoms with E-state index in [2.05, 4.69) is 31.2 Å². The molecule has 0 aliphatic rings. The van der Waals surface area contributed by atoms with Crippen molar-refractivity contribution in [1.29, 1.82) is 0 Å². The predicted molar refractivity (Wildman–Crippen MR) is 89.3 cm³/mol. The Morgan fingerprint density at radius 2 is 2.14 bits per heavy atom. The van der Waals surface area contributed by atoms with Gasteiger partial charge in [0, 0.05) is 21.9 Å². The lowest BCUT2D eigenvalue weighted by atomic mass is 10.3. The molecule has 3 N–H and O–H groups in total. The van der Waals surface area contributed by atoms with Crippen LogP contribution < -0.4 is 11.1 Å². The van der Waals surface area contributed by atoms with Crippen LogP contribution in [0.3, 0.4) is 0 Å². The normalized spacial score (nSPS) is 12.0. The Bertz CT molecular complexity index is 645. The lowest BCUT2D eigenvalue weighted by molar-refractivity contribution is -0.115. The quantitative estimate of drug-likeness (QED) is 0.641. The van der Waals surface area contributed by atoms with Crippen molar-refractivity contribution in [3.8, 4) is 0 Å². The van der Waals surface area contributed by atoms with Crippen molar-refractivity contribution < 1.29 is 4.79 Å². The molecule has 0 radical (unpaired) electrons. The fraction of sp³-hybridized carbons (Fsp3) is 0.214. The summed E-state index contributed by atoms with van der Waals surface area (Å²) in [5, 5.41) is 3.03. The zero-order valence-corrected chi connectivity index (χ0v) is 14.0. The molecule has 1 aromatic carbocycles. The maximum Gasteiger partial charge on any atom is 0.237 e. The molecule has 0 unspecified atom stereocenters. The van der Waals surface area contributed by atoms with Crippen molar-refractivity contribution in [2.45, 2.75) is 24.3 Å². The molecule has 0 saturated carbocycles. The first-order valence-electron chi connectivity index (χ1n) is 6.28. The van der Waals surface area contributed by atoms with Gasteiger partial charge < -0.3 is 11.1 Å². The van der Waals surface area contributed by atoms with Crippen molar-refractivity contribution in [3.05, 3.63) is 40.5 Å². The molecule has 0 bridgehead atoms. The minimum absolute atomic E-state index is 0.109. The predicted octanol–water partition coefficient (Wildman–Crippen LogP) is 3.25. The van der Waals surface area contributed by atoms with E-state index in [-0.39, 0.29) is 11.2 Å². The van der Waals surface area contributed by atoms with E-state index in [0.29, 0.717) is 11.0 Å². The second kappa shape index (κ2) is 6.91. The number of amides is 1. The summed E-state index contributed by atoms with van der Waals surface area (Å²) >= 11 is 4.65. The molecule has 0 aliphatic heterocycles. The summed E-state index contributed by atoms with van der Waals surface area (Å²) in [4.78, 5) is 20.5. The molecule has 0 spiro atoms. The molecule has 2 rings (SSSR count). The Morgan fingerprint density at radius 1 is 1.38 bits per heavy atom. The Morgan fingerprint density at radius 3 is 2.81 bits per heavy atom. The van der Waals surface area contributed by atoms with Gasteiger partial charge in [-0.05, 0) is 32.0 Å². The molecular weight excluding hydrogens is 352 g/mol. The van der Waals surface area contributed by atoms with Gasteiger partial charge in [-0.3, -0.25) is 4.79 Å². The van der Waals surface area contributed by atoms with Crippen LogP contribution in [0.25, 0.3) is 0 Å². The average Bonchev–Trinajstić information content (AvgIpc) is 2.37. The molecular formula is C14H15BrN4OS. The number of aromatic nitrogens is 2. The summed E-state index contributed by atoms with van der Waals surface area (Å²) in [6, 6.07) is 9.13. The first-order valence-corrected chi connectivity index (χ1v) is 7.95. The van der Waals surface area contributed by atoms with Crippen molar-refractivity contribution >= 4 is 45.1 Å². The number of halogens is 1. The Kier molecular flexibility index (Phi) is 5.19. The summed E-state index contributed by atoms with van der Waals surface area (Å²) in [6.07, 6.45) is 0. The van der Waals surface area contributed by atoms with Gasteiger partial charge in [0.15, 0.2) is 5.16 Å². The minimum atomic E-state index is -0.329. The maximum absolute atomic E-state index is 12.2. The van der Waals surface area contributed by atoms with Crippen LogP contribution in [0.1, 0.15) is 12.6 Å². The first-order chi connectivity index (χ1) is 9.94. The number of carbonyl (C=O) groups is 1. The highest BCUT2D eigenvalue weighted by molar-refractivity contribution is 9.10. The van der Waals surface area contributed by atoms with E-state index in [1.807, 2.05) is 31.2 Å². The number of rotatable bonds is 4. The summed E-state index contributed by atoms with van der Waals surface area (Å²) in [5.74, 6) is 0.298. The van der Waals surface area contributed by atoms with E-state index in [0.717, 1.165) is 15.9 Å². The van der Waals surface area contributed by atoms with Gasteiger partial charge in [-0.15, -0.1) is 0 Å². The molecule has 1 atom stereocenters. The lowest BCUT2D eigenvalue weighted by Gasteiger charge is -2.11. The van der Waals surface area contributed by atoms with E-state index in [1.54, 1.807) is 13.0 Å². The summed E-state index contributed by atoms with van der Waals surface area (Å²) in [5.41, 5.74) is 7.21. The van der Waals surface area contributed by atoms with Gasteiger partial charge in [-0.2, -0.15) is 0 Å². The molecule has 1 heterocycles. The number of nitrogen functional groups attached to an aromatic ring is 1. The summed E-state index contributed by atoms with van der Waals surface area (Å²) < 4.78 is 0.912. The lowest BCUT2D eigenvalue weighted by Crippen LogP contribution is -2.22. The van der Waals surface area contributed by atoms with E-state index in [4.69, 9.17) is 5.73 Å². The standard InChI is InChI=1S/C14H15BrN4OS/c1-8-6-12(16)19-14(17-8)21-9(2)13(20)18-11-5-3-4-10(15)7-11/h3-7,9H,1-2H3,(H,18,20)(H2,16,17,19)/t9-/m0/s1. The number of anilines is 2. The van der Waals surface area contributed by atoms with Crippen LogP contribution in [0.4, 0.5) is 11.5 Å². The molecule has 1 amide bonds. The maximum atomic E-state index is 12.2. The van der Waals surface area contributed by atoms with Crippen molar-refractivity contribution in [2.75, 3.05) is 11.1 Å². The second-order valence-corrected chi connectivity index (χ2v) is 6.70. The molecule has 5 nitrogen and oxygen atoms in total. The first kappa shape index (κ1) is 15.8. The number of hydrogen-bond donors (Lipinski definition) is 2. The zero-order valence-electron chi connectivity index (χ0n) is 11.6. The van der Waals surface area contributed by atoms with Crippen molar-refractivity contribution in [3.63, 3.8) is 0 Å². The van der Waals surface area contributed by atoms with Gasteiger partial charge in [0.2, 0.25) is 5.91 Å². The second-order valence-electron chi connectivity index (χ2n) is 4.48. The molecule has 7 heteroatoms. The van der Waals surface area contributed by atoms with Crippen LogP contribution in [0.15, 0.2) is 40.0 Å². The fourth-order valence-corrected chi connectivity index (χ4v) is 2.88. The van der Waals surface area contributed by atoms with Crippen LogP contribution in [0, 0.1) is 6.92 Å². The summed E-state index contributed by atoms with van der Waals surface area (Å²) in [7, 11) is 0. The van der Waals surface area contributed by atoms with Crippen molar-refractivity contribution in [1.82, 2.24) is 9.97 Å². The van der Waals surface area contributed by atoms with Crippen LogP contribution in [0.5, 0.6) is 0 Å². The molecule has 0 fully saturated rings. The van der Waals surface area contributed by atoms with Crippen LogP contribution in [-0.4, -0.2) is 21.1 Å². The number of carbonyl (C=O) groups excluding carboxylic acids is 1. The zero-order chi connectivity index (χ0) is 15.4. The van der Waals surface area contributed by atoms with Gasteiger partial charge in [-0.25, -0.2) is 9.97 Å².